The summed E-state index contributed by atoms with van der Waals surface area (Å²) in [5, 5.41) is 4.85. The fraction of sp³-hybridized carbons (Fsp3) is 0.286. The van der Waals surface area contributed by atoms with Crippen molar-refractivity contribution in [3.8, 4) is 0 Å². The van der Waals surface area contributed by atoms with E-state index in [4.69, 9.17) is 4.74 Å². The lowest BCUT2D eigenvalue weighted by Gasteiger charge is -2.20. The Labute approximate surface area is 116 Å². The summed E-state index contributed by atoms with van der Waals surface area (Å²) >= 11 is 0. The molecule has 0 bridgehead atoms. The largest absolute Gasteiger partial charge is 0.444 e. The molecule has 0 aliphatic carbocycles. The number of ether oxygens (including phenoxy) is 1. The minimum Gasteiger partial charge on any atom is -0.444 e. The fourth-order valence-electron chi connectivity index (χ4n) is 1.33. The van der Waals surface area contributed by atoms with Crippen LogP contribution >= 0.6 is 0 Å². The maximum Gasteiger partial charge on any atom is 0.412 e. The van der Waals surface area contributed by atoms with Crippen molar-refractivity contribution in [3.05, 3.63) is 36.7 Å². The normalized spacial score (nSPS) is 10.6. The van der Waals surface area contributed by atoms with Crippen molar-refractivity contribution < 1.29 is 18.7 Å². The number of benzene rings is 1. The van der Waals surface area contributed by atoms with Crippen LogP contribution in [0.3, 0.4) is 0 Å². The van der Waals surface area contributed by atoms with E-state index in [0.717, 1.165) is 12.1 Å². The highest BCUT2D eigenvalue weighted by atomic mass is 19.1. The Morgan fingerprint density at radius 2 is 1.90 bits per heavy atom. The number of hydrogen-bond donors (Lipinski definition) is 2. The molecule has 1 aromatic rings. The molecular weight excluding hydrogens is 263 g/mol. The number of anilines is 2. The molecule has 0 saturated carbocycles. The lowest BCUT2D eigenvalue weighted by atomic mass is 10.2. The first-order valence-corrected chi connectivity index (χ1v) is 5.94. The number of hydrogen-bond acceptors (Lipinski definition) is 3. The van der Waals surface area contributed by atoms with Crippen LogP contribution in [-0.2, 0) is 9.53 Å². The van der Waals surface area contributed by atoms with Gasteiger partial charge in [-0.05, 0) is 45.0 Å². The van der Waals surface area contributed by atoms with E-state index in [1.54, 1.807) is 20.8 Å². The first kappa shape index (κ1) is 15.7. The van der Waals surface area contributed by atoms with Crippen LogP contribution in [0.4, 0.5) is 20.6 Å². The van der Waals surface area contributed by atoms with Gasteiger partial charge in [-0.3, -0.25) is 10.1 Å². The SMILES string of the molecule is C=CC(=O)Nc1ccc(F)cc1NC(=O)OC(C)(C)C. The molecule has 0 radical (unpaired) electrons. The first-order chi connectivity index (χ1) is 9.21. The smallest absolute Gasteiger partial charge is 0.412 e. The zero-order valence-corrected chi connectivity index (χ0v) is 11.6. The van der Waals surface area contributed by atoms with Gasteiger partial charge in [0.15, 0.2) is 0 Å². The first-order valence-electron chi connectivity index (χ1n) is 5.94. The van der Waals surface area contributed by atoms with E-state index in [0.29, 0.717) is 0 Å². The molecule has 0 atom stereocenters. The predicted octanol–water partition coefficient (Wildman–Crippen LogP) is 3.30. The molecule has 0 aliphatic heterocycles. The Morgan fingerprint density at radius 1 is 1.25 bits per heavy atom. The molecule has 2 N–H and O–H groups in total. The second kappa shape index (κ2) is 6.18. The van der Waals surface area contributed by atoms with Crippen LogP contribution in [0.5, 0.6) is 0 Å². The summed E-state index contributed by atoms with van der Waals surface area (Å²) in [6.45, 7) is 8.44. The van der Waals surface area contributed by atoms with Gasteiger partial charge in [0.2, 0.25) is 5.91 Å². The molecule has 1 rings (SSSR count). The highest BCUT2D eigenvalue weighted by Crippen LogP contribution is 2.23. The molecule has 108 valence electrons. The topological polar surface area (TPSA) is 67.4 Å². The molecule has 0 saturated heterocycles. The predicted molar refractivity (Wildman–Crippen MR) is 75.1 cm³/mol. The van der Waals surface area contributed by atoms with E-state index >= 15 is 0 Å². The molecule has 0 heterocycles. The summed E-state index contributed by atoms with van der Waals surface area (Å²) in [4.78, 5) is 22.9. The number of rotatable bonds is 3. The zero-order valence-electron chi connectivity index (χ0n) is 11.6. The second-order valence-corrected chi connectivity index (χ2v) is 5.01. The quantitative estimate of drug-likeness (QED) is 0.835. The molecule has 0 spiro atoms. The standard InChI is InChI=1S/C14H17FN2O3/c1-5-12(18)16-10-7-6-9(15)8-11(10)17-13(19)20-14(2,3)4/h5-8H,1H2,2-4H3,(H,16,18)(H,17,19). The monoisotopic (exact) mass is 280 g/mol. The number of amides is 2. The van der Waals surface area contributed by atoms with Crippen molar-refractivity contribution in [3.63, 3.8) is 0 Å². The molecule has 6 heteroatoms. The van der Waals surface area contributed by atoms with Gasteiger partial charge < -0.3 is 10.1 Å². The minimum atomic E-state index is -0.739. The van der Waals surface area contributed by atoms with Crippen LogP contribution in [0.1, 0.15) is 20.8 Å². The van der Waals surface area contributed by atoms with Crippen LogP contribution in [0.25, 0.3) is 0 Å². The summed E-state index contributed by atoms with van der Waals surface area (Å²) in [6.07, 6.45) is 0.331. The van der Waals surface area contributed by atoms with E-state index < -0.39 is 23.4 Å². The van der Waals surface area contributed by atoms with E-state index in [1.165, 1.54) is 12.1 Å². The Kier molecular flexibility index (Phi) is 4.85. The van der Waals surface area contributed by atoms with Gasteiger partial charge in [0.05, 0.1) is 11.4 Å². The number of nitrogens with one attached hydrogen (secondary N) is 2. The van der Waals surface area contributed by atoms with Crippen LogP contribution in [0.2, 0.25) is 0 Å². The van der Waals surface area contributed by atoms with Crippen LogP contribution in [-0.4, -0.2) is 17.6 Å². The van der Waals surface area contributed by atoms with Crippen molar-refractivity contribution in [2.45, 2.75) is 26.4 Å². The van der Waals surface area contributed by atoms with Gasteiger partial charge in [0.25, 0.3) is 0 Å². The summed E-state index contributed by atoms with van der Waals surface area (Å²) in [5.74, 6) is -1.02. The molecule has 0 fully saturated rings. The van der Waals surface area contributed by atoms with Gasteiger partial charge in [0, 0.05) is 0 Å². The van der Waals surface area contributed by atoms with E-state index in [1.807, 2.05) is 0 Å². The summed E-state index contributed by atoms with van der Waals surface area (Å²) in [7, 11) is 0. The average Bonchev–Trinajstić information content (AvgIpc) is 2.29. The highest BCUT2D eigenvalue weighted by molar-refractivity contribution is 6.02. The fourth-order valence-corrected chi connectivity index (χ4v) is 1.33. The lowest BCUT2D eigenvalue weighted by Crippen LogP contribution is -2.27. The molecule has 1 aromatic carbocycles. The summed E-state index contributed by atoms with van der Waals surface area (Å²) in [5.41, 5.74) is -0.321. The number of halogens is 1. The molecule has 0 aromatic heterocycles. The van der Waals surface area contributed by atoms with E-state index in [-0.39, 0.29) is 11.4 Å². The number of carbonyl (C=O) groups excluding carboxylic acids is 2. The maximum atomic E-state index is 13.2. The third-order valence-electron chi connectivity index (χ3n) is 2.06. The molecular formula is C14H17FN2O3. The highest BCUT2D eigenvalue weighted by Gasteiger charge is 2.17. The van der Waals surface area contributed by atoms with Crippen molar-refractivity contribution in [1.29, 1.82) is 0 Å². The Hall–Kier alpha value is -2.37. The molecule has 20 heavy (non-hydrogen) atoms. The lowest BCUT2D eigenvalue weighted by molar-refractivity contribution is -0.111. The van der Waals surface area contributed by atoms with Crippen LogP contribution in [0, 0.1) is 5.82 Å². The Bertz CT molecular complexity index is 536. The van der Waals surface area contributed by atoms with Gasteiger partial charge in [-0.2, -0.15) is 0 Å². The van der Waals surface area contributed by atoms with E-state index in [2.05, 4.69) is 17.2 Å². The maximum absolute atomic E-state index is 13.2. The van der Waals surface area contributed by atoms with Crippen LogP contribution < -0.4 is 10.6 Å². The van der Waals surface area contributed by atoms with Crippen molar-refractivity contribution in [2.75, 3.05) is 10.6 Å². The van der Waals surface area contributed by atoms with Gasteiger partial charge in [0.1, 0.15) is 11.4 Å². The van der Waals surface area contributed by atoms with Crippen molar-refractivity contribution in [1.82, 2.24) is 0 Å². The molecule has 0 unspecified atom stereocenters. The van der Waals surface area contributed by atoms with Crippen molar-refractivity contribution in [2.24, 2.45) is 0 Å². The van der Waals surface area contributed by atoms with E-state index in [9.17, 15) is 14.0 Å². The minimum absolute atomic E-state index is 0.106. The van der Waals surface area contributed by atoms with Gasteiger partial charge in [-0.1, -0.05) is 6.58 Å². The third kappa shape index (κ3) is 5.09. The molecule has 5 nitrogen and oxygen atoms in total. The molecule has 0 aliphatic rings. The van der Waals surface area contributed by atoms with Gasteiger partial charge in [-0.15, -0.1) is 0 Å². The Balaban J connectivity index is 2.92. The second-order valence-electron chi connectivity index (χ2n) is 5.01. The van der Waals surface area contributed by atoms with Crippen LogP contribution in [0.15, 0.2) is 30.9 Å². The average molecular weight is 280 g/mol. The third-order valence-corrected chi connectivity index (χ3v) is 2.06. The van der Waals surface area contributed by atoms with Crippen molar-refractivity contribution >= 4 is 23.4 Å². The summed E-state index contributed by atoms with van der Waals surface area (Å²) in [6, 6.07) is 3.59. The molecule has 2 amide bonds. The number of carbonyl (C=O) groups is 2. The Morgan fingerprint density at radius 3 is 2.45 bits per heavy atom. The van der Waals surface area contributed by atoms with Gasteiger partial charge in [-0.25, -0.2) is 9.18 Å². The van der Waals surface area contributed by atoms with Gasteiger partial charge >= 0.3 is 6.09 Å². The summed E-state index contributed by atoms with van der Waals surface area (Å²) < 4.78 is 18.3. The zero-order chi connectivity index (χ0) is 15.3.